The Morgan fingerprint density at radius 2 is 2.07 bits per heavy atom. The fourth-order valence-electron chi connectivity index (χ4n) is 3.62. The van der Waals surface area contributed by atoms with E-state index in [1.54, 1.807) is 29.4 Å². The van der Waals surface area contributed by atoms with Gasteiger partial charge in [0.25, 0.3) is 11.5 Å². The Balaban J connectivity index is 1.66. The molecule has 1 aromatic carbocycles. The van der Waals surface area contributed by atoms with Crippen LogP contribution in [0.1, 0.15) is 34.3 Å². The summed E-state index contributed by atoms with van der Waals surface area (Å²) in [6.45, 7) is 3.44. The summed E-state index contributed by atoms with van der Waals surface area (Å²) in [5.74, 6) is -0.123. The molecule has 1 amide bonds. The molecule has 4 rings (SSSR count). The molecule has 0 radical (unpaired) electrons. The number of aryl methyl sites for hydroxylation is 1. The zero-order chi connectivity index (χ0) is 19.5. The van der Waals surface area contributed by atoms with Gasteiger partial charge in [-0.05, 0) is 55.5 Å². The first-order chi connectivity index (χ1) is 13.6. The van der Waals surface area contributed by atoms with Gasteiger partial charge in [0.1, 0.15) is 0 Å². The molecule has 28 heavy (non-hydrogen) atoms. The van der Waals surface area contributed by atoms with Crippen LogP contribution in [0.15, 0.2) is 53.6 Å². The minimum absolute atomic E-state index is 0.00701. The second-order valence-corrected chi connectivity index (χ2v) is 7.27. The van der Waals surface area contributed by atoms with E-state index in [1.165, 1.54) is 0 Å². The van der Waals surface area contributed by atoms with E-state index < -0.39 is 0 Å². The summed E-state index contributed by atoms with van der Waals surface area (Å²) in [5.41, 5.74) is 2.87. The number of fused-ring (bicyclic) bond motifs is 1. The number of rotatable bonds is 5. The molecule has 1 aliphatic rings. The van der Waals surface area contributed by atoms with Gasteiger partial charge in [0, 0.05) is 42.2 Å². The molecule has 0 bridgehead atoms. The number of pyridine rings is 2. The number of amides is 1. The monoisotopic (exact) mass is 377 g/mol. The SMILES string of the molecule is Cc1ccc2[nH]c(=O)c(CN(C[C@@H]3CCCO3)C(=O)c3ccncc3)cc2c1. The first-order valence-corrected chi connectivity index (χ1v) is 9.53. The first kappa shape index (κ1) is 18.4. The number of aromatic amines is 1. The quantitative estimate of drug-likeness (QED) is 0.742. The summed E-state index contributed by atoms with van der Waals surface area (Å²) < 4.78 is 5.73. The average molecular weight is 377 g/mol. The molecule has 1 atom stereocenters. The molecule has 3 aromatic rings. The molecule has 0 spiro atoms. The first-order valence-electron chi connectivity index (χ1n) is 9.53. The van der Waals surface area contributed by atoms with Crippen LogP contribution in [0.5, 0.6) is 0 Å². The molecule has 1 fully saturated rings. The smallest absolute Gasteiger partial charge is 0.254 e. The van der Waals surface area contributed by atoms with Crippen LogP contribution in [0.25, 0.3) is 10.9 Å². The van der Waals surface area contributed by atoms with E-state index in [1.807, 2.05) is 31.2 Å². The van der Waals surface area contributed by atoms with Gasteiger partial charge in [-0.3, -0.25) is 14.6 Å². The number of H-pyrrole nitrogens is 1. The molecule has 0 saturated carbocycles. The van der Waals surface area contributed by atoms with Gasteiger partial charge in [-0.2, -0.15) is 0 Å². The third-order valence-electron chi connectivity index (χ3n) is 5.10. The van der Waals surface area contributed by atoms with Gasteiger partial charge < -0.3 is 14.6 Å². The van der Waals surface area contributed by atoms with Gasteiger partial charge in [0.05, 0.1) is 12.6 Å². The van der Waals surface area contributed by atoms with Gasteiger partial charge in [-0.1, -0.05) is 11.6 Å². The summed E-state index contributed by atoms with van der Waals surface area (Å²) in [7, 11) is 0. The highest BCUT2D eigenvalue weighted by molar-refractivity contribution is 5.94. The van der Waals surface area contributed by atoms with Crippen molar-refractivity contribution in [1.82, 2.24) is 14.9 Å². The number of ether oxygens (including phenoxy) is 1. The number of nitrogens with zero attached hydrogens (tertiary/aromatic N) is 2. The molecule has 2 aromatic heterocycles. The molecule has 6 nitrogen and oxygen atoms in total. The van der Waals surface area contributed by atoms with E-state index in [9.17, 15) is 9.59 Å². The third kappa shape index (κ3) is 3.97. The van der Waals surface area contributed by atoms with Gasteiger partial charge in [0.15, 0.2) is 0 Å². The van der Waals surface area contributed by atoms with E-state index in [4.69, 9.17) is 4.74 Å². The molecular formula is C22H23N3O3. The van der Waals surface area contributed by atoms with E-state index in [2.05, 4.69) is 9.97 Å². The van der Waals surface area contributed by atoms with Crippen LogP contribution in [0, 0.1) is 6.92 Å². The number of carbonyl (C=O) groups is 1. The minimum atomic E-state index is -0.170. The Kier molecular flexibility index (Phi) is 5.21. The molecule has 1 saturated heterocycles. The van der Waals surface area contributed by atoms with Crippen LogP contribution in [0.3, 0.4) is 0 Å². The van der Waals surface area contributed by atoms with Crippen molar-refractivity contribution in [2.45, 2.75) is 32.4 Å². The third-order valence-corrected chi connectivity index (χ3v) is 5.10. The van der Waals surface area contributed by atoms with E-state index in [0.29, 0.717) is 17.7 Å². The number of nitrogens with one attached hydrogen (secondary N) is 1. The molecule has 6 heteroatoms. The molecule has 1 N–H and O–H groups in total. The highest BCUT2D eigenvalue weighted by Gasteiger charge is 2.24. The van der Waals surface area contributed by atoms with Gasteiger partial charge in [-0.15, -0.1) is 0 Å². The number of hydrogen-bond donors (Lipinski definition) is 1. The van der Waals surface area contributed by atoms with Crippen LogP contribution < -0.4 is 5.56 Å². The molecule has 0 aliphatic carbocycles. The number of carbonyl (C=O) groups excluding carboxylic acids is 1. The Labute approximate surface area is 163 Å². The number of aromatic nitrogens is 2. The second kappa shape index (κ2) is 7.94. The van der Waals surface area contributed by atoms with Crippen molar-refractivity contribution < 1.29 is 9.53 Å². The van der Waals surface area contributed by atoms with Crippen molar-refractivity contribution in [2.75, 3.05) is 13.2 Å². The summed E-state index contributed by atoms with van der Waals surface area (Å²) in [6.07, 6.45) is 5.13. The zero-order valence-electron chi connectivity index (χ0n) is 15.9. The largest absolute Gasteiger partial charge is 0.376 e. The molecule has 144 valence electrons. The summed E-state index contributed by atoms with van der Waals surface area (Å²) in [6, 6.07) is 11.2. The molecule has 0 unspecified atom stereocenters. The maximum absolute atomic E-state index is 13.1. The van der Waals surface area contributed by atoms with Crippen LogP contribution in [0.4, 0.5) is 0 Å². The second-order valence-electron chi connectivity index (χ2n) is 7.27. The lowest BCUT2D eigenvalue weighted by molar-refractivity contribution is 0.0506. The van der Waals surface area contributed by atoms with Gasteiger partial charge in [-0.25, -0.2) is 0 Å². The molecule has 1 aliphatic heterocycles. The highest BCUT2D eigenvalue weighted by atomic mass is 16.5. The van der Waals surface area contributed by atoms with E-state index in [-0.39, 0.29) is 24.1 Å². The average Bonchev–Trinajstić information content (AvgIpc) is 3.21. The van der Waals surface area contributed by atoms with Crippen molar-refractivity contribution in [1.29, 1.82) is 0 Å². The lowest BCUT2D eigenvalue weighted by atomic mass is 10.1. The van der Waals surface area contributed by atoms with Crippen molar-refractivity contribution in [3.63, 3.8) is 0 Å². The normalized spacial score (nSPS) is 16.4. The molecular weight excluding hydrogens is 354 g/mol. The lowest BCUT2D eigenvalue weighted by Crippen LogP contribution is -2.38. The highest BCUT2D eigenvalue weighted by Crippen LogP contribution is 2.18. The Morgan fingerprint density at radius 3 is 2.82 bits per heavy atom. The van der Waals surface area contributed by atoms with Crippen molar-refractivity contribution >= 4 is 16.8 Å². The molecule has 3 heterocycles. The maximum Gasteiger partial charge on any atom is 0.254 e. The Morgan fingerprint density at radius 1 is 1.25 bits per heavy atom. The summed E-state index contributed by atoms with van der Waals surface area (Å²) >= 11 is 0. The minimum Gasteiger partial charge on any atom is -0.376 e. The fourth-order valence-corrected chi connectivity index (χ4v) is 3.62. The van der Waals surface area contributed by atoms with E-state index >= 15 is 0 Å². The Hall–Kier alpha value is -2.99. The summed E-state index contributed by atoms with van der Waals surface area (Å²) in [4.78, 5) is 34.3. The van der Waals surface area contributed by atoms with E-state index in [0.717, 1.165) is 35.9 Å². The Bertz CT molecular complexity index is 1040. The van der Waals surface area contributed by atoms with Crippen LogP contribution >= 0.6 is 0 Å². The van der Waals surface area contributed by atoms with Gasteiger partial charge in [0.2, 0.25) is 0 Å². The van der Waals surface area contributed by atoms with Crippen LogP contribution in [-0.4, -0.2) is 40.0 Å². The number of benzene rings is 1. The number of hydrogen-bond acceptors (Lipinski definition) is 4. The van der Waals surface area contributed by atoms with Crippen LogP contribution in [0.2, 0.25) is 0 Å². The predicted molar refractivity (Wildman–Crippen MR) is 107 cm³/mol. The zero-order valence-corrected chi connectivity index (χ0v) is 15.9. The standard InChI is InChI=1S/C22H23N3O3/c1-15-4-5-20-17(11-15)12-18(21(26)24-20)13-25(14-19-3-2-10-28-19)22(27)16-6-8-23-9-7-16/h4-9,11-12,19H,2-3,10,13-14H2,1H3,(H,24,26)/t19-/m0/s1. The van der Waals surface area contributed by atoms with Crippen molar-refractivity contribution in [3.8, 4) is 0 Å². The fraction of sp³-hybridized carbons (Fsp3) is 0.318. The topological polar surface area (TPSA) is 75.3 Å². The maximum atomic E-state index is 13.1. The van der Waals surface area contributed by atoms with Crippen molar-refractivity contribution in [2.24, 2.45) is 0 Å². The lowest BCUT2D eigenvalue weighted by Gasteiger charge is -2.25. The van der Waals surface area contributed by atoms with Crippen LogP contribution in [-0.2, 0) is 11.3 Å². The van der Waals surface area contributed by atoms with Gasteiger partial charge >= 0.3 is 0 Å². The van der Waals surface area contributed by atoms with Crippen molar-refractivity contribution in [3.05, 3.63) is 75.8 Å². The summed E-state index contributed by atoms with van der Waals surface area (Å²) in [5, 5.41) is 0.961. The predicted octanol–water partition coefficient (Wildman–Crippen LogP) is 3.05.